The van der Waals surface area contributed by atoms with Gasteiger partial charge in [-0.1, -0.05) is 54.6 Å². The van der Waals surface area contributed by atoms with Gasteiger partial charge in [-0.2, -0.15) is 0 Å². The summed E-state index contributed by atoms with van der Waals surface area (Å²) in [6.07, 6.45) is 0.531. The first-order chi connectivity index (χ1) is 19.0. The molecule has 39 heavy (non-hydrogen) atoms. The van der Waals surface area contributed by atoms with Crippen LogP contribution >= 0.6 is 0 Å². The third-order valence-electron chi connectivity index (χ3n) is 6.76. The van der Waals surface area contributed by atoms with Crippen molar-refractivity contribution in [3.63, 3.8) is 0 Å². The summed E-state index contributed by atoms with van der Waals surface area (Å²) < 4.78 is 17.6. The highest BCUT2D eigenvalue weighted by Gasteiger charge is 2.29. The fourth-order valence-corrected chi connectivity index (χ4v) is 4.70. The van der Waals surface area contributed by atoms with Crippen molar-refractivity contribution in [2.75, 3.05) is 6.61 Å². The zero-order valence-corrected chi connectivity index (χ0v) is 21.8. The lowest BCUT2D eigenvalue weighted by atomic mass is 9.99. The second-order valence-electron chi connectivity index (χ2n) is 9.46. The molecule has 3 aromatic carbocycles. The number of aromatic nitrogens is 1. The molecule has 0 spiro atoms. The van der Waals surface area contributed by atoms with Gasteiger partial charge in [-0.25, -0.2) is 9.78 Å². The molecule has 1 aliphatic heterocycles. The first-order valence-electron chi connectivity index (χ1n) is 12.9. The number of carboxylic acids is 1. The number of oxazole rings is 1. The molecule has 0 saturated heterocycles. The fourth-order valence-electron chi connectivity index (χ4n) is 4.70. The molecule has 0 saturated carbocycles. The first-order valence-corrected chi connectivity index (χ1v) is 12.9. The summed E-state index contributed by atoms with van der Waals surface area (Å²) in [5.41, 5.74) is 5.37. The third-order valence-corrected chi connectivity index (χ3v) is 6.76. The summed E-state index contributed by atoms with van der Waals surface area (Å²) in [7, 11) is 0. The third kappa shape index (κ3) is 6.29. The zero-order chi connectivity index (χ0) is 27.2. The monoisotopic (exact) mass is 526 g/mol. The molecule has 1 N–H and O–H groups in total. The number of hydrogen-bond acceptors (Lipinski definition) is 6. The van der Waals surface area contributed by atoms with Gasteiger partial charge in [-0.3, -0.25) is 9.69 Å². The molecule has 0 fully saturated rings. The van der Waals surface area contributed by atoms with E-state index < -0.39 is 12.1 Å². The van der Waals surface area contributed by atoms with Crippen molar-refractivity contribution in [2.45, 2.75) is 45.9 Å². The van der Waals surface area contributed by atoms with Crippen LogP contribution in [0.5, 0.6) is 5.75 Å². The maximum Gasteiger partial charge on any atom is 0.410 e. The van der Waals surface area contributed by atoms with Crippen LogP contribution in [0.4, 0.5) is 4.79 Å². The van der Waals surface area contributed by atoms with Gasteiger partial charge < -0.3 is 19.0 Å². The Bertz CT molecular complexity index is 1450. The highest BCUT2D eigenvalue weighted by molar-refractivity contribution is 5.70. The number of benzene rings is 3. The molecular formula is C31H30N2O6. The molecule has 0 unspecified atom stereocenters. The topological polar surface area (TPSA) is 102 Å². The zero-order valence-electron chi connectivity index (χ0n) is 21.8. The number of carboxylic acid groups (broad SMARTS) is 1. The summed E-state index contributed by atoms with van der Waals surface area (Å²) in [6.45, 7) is 3.13. The SMILES string of the molecule is Cc1oc(-c2ccccc2)nc1CCOc1ccc(CCC(=O)O)c2c1CN(C(=O)OCc1ccccc1)C2. The van der Waals surface area contributed by atoms with E-state index in [1.807, 2.05) is 79.7 Å². The van der Waals surface area contributed by atoms with E-state index in [0.717, 1.165) is 39.3 Å². The molecule has 1 aliphatic rings. The quantitative estimate of drug-likeness (QED) is 0.273. The second-order valence-corrected chi connectivity index (χ2v) is 9.46. The number of nitrogens with zero attached hydrogens (tertiary/aromatic N) is 2. The number of aryl methyl sites for hydroxylation is 2. The van der Waals surface area contributed by atoms with Gasteiger partial charge in [0.1, 0.15) is 18.1 Å². The number of amides is 1. The van der Waals surface area contributed by atoms with E-state index in [-0.39, 0.29) is 13.0 Å². The Morgan fingerprint density at radius 1 is 0.949 bits per heavy atom. The smallest absolute Gasteiger partial charge is 0.410 e. The number of carbonyl (C=O) groups excluding carboxylic acids is 1. The Morgan fingerprint density at radius 2 is 1.67 bits per heavy atom. The minimum Gasteiger partial charge on any atom is -0.493 e. The van der Waals surface area contributed by atoms with Crippen LogP contribution in [0.3, 0.4) is 0 Å². The molecule has 0 atom stereocenters. The largest absolute Gasteiger partial charge is 0.493 e. The van der Waals surface area contributed by atoms with E-state index in [4.69, 9.17) is 13.9 Å². The predicted molar refractivity (Wildman–Crippen MR) is 144 cm³/mol. The molecule has 200 valence electrons. The van der Waals surface area contributed by atoms with Crippen molar-refractivity contribution in [3.05, 3.63) is 107 Å². The van der Waals surface area contributed by atoms with Gasteiger partial charge >= 0.3 is 12.1 Å². The van der Waals surface area contributed by atoms with E-state index in [1.165, 1.54) is 0 Å². The Morgan fingerprint density at radius 3 is 2.41 bits per heavy atom. The molecule has 5 rings (SSSR count). The maximum absolute atomic E-state index is 12.9. The molecule has 4 aromatic rings. The maximum atomic E-state index is 12.9. The molecule has 1 amide bonds. The van der Waals surface area contributed by atoms with Crippen molar-refractivity contribution >= 4 is 12.1 Å². The van der Waals surface area contributed by atoms with Gasteiger partial charge in [0.25, 0.3) is 0 Å². The molecule has 1 aromatic heterocycles. The molecule has 0 bridgehead atoms. The van der Waals surface area contributed by atoms with Crippen molar-refractivity contribution in [1.29, 1.82) is 0 Å². The minimum absolute atomic E-state index is 0.0142. The van der Waals surface area contributed by atoms with Crippen LogP contribution in [0, 0.1) is 6.92 Å². The number of ether oxygens (including phenoxy) is 2. The summed E-state index contributed by atoms with van der Waals surface area (Å²) in [5.74, 6) is 1.14. The predicted octanol–water partition coefficient (Wildman–Crippen LogP) is 5.94. The van der Waals surface area contributed by atoms with E-state index in [1.54, 1.807) is 4.90 Å². The van der Waals surface area contributed by atoms with Crippen molar-refractivity contribution in [2.24, 2.45) is 0 Å². The summed E-state index contributed by atoms with van der Waals surface area (Å²) in [4.78, 5) is 30.4. The molecule has 0 radical (unpaired) electrons. The Kier molecular flexibility index (Phi) is 7.91. The Balaban J connectivity index is 1.27. The van der Waals surface area contributed by atoms with Gasteiger partial charge in [-0.05, 0) is 48.2 Å². The minimum atomic E-state index is -0.862. The van der Waals surface area contributed by atoms with Crippen molar-refractivity contribution in [1.82, 2.24) is 9.88 Å². The van der Waals surface area contributed by atoms with Crippen LogP contribution < -0.4 is 4.74 Å². The number of carbonyl (C=O) groups is 2. The first kappa shape index (κ1) is 26.0. The highest BCUT2D eigenvalue weighted by Crippen LogP contribution is 2.35. The average molecular weight is 527 g/mol. The van der Waals surface area contributed by atoms with Gasteiger partial charge in [0.15, 0.2) is 0 Å². The number of hydrogen-bond donors (Lipinski definition) is 1. The Labute approximate surface area is 226 Å². The van der Waals surface area contributed by atoms with Crippen molar-refractivity contribution in [3.8, 4) is 17.2 Å². The van der Waals surface area contributed by atoms with Gasteiger partial charge in [0.2, 0.25) is 5.89 Å². The molecule has 0 aliphatic carbocycles. The lowest BCUT2D eigenvalue weighted by Crippen LogP contribution is -2.26. The fraction of sp³-hybridized carbons (Fsp3) is 0.258. The van der Waals surface area contributed by atoms with Gasteiger partial charge in [-0.15, -0.1) is 0 Å². The van der Waals surface area contributed by atoms with E-state index >= 15 is 0 Å². The molecular weight excluding hydrogens is 496 g/mol. The lowest BCUT2D eigenvalue weighted by Gasteiger charge is -2.15. The van der Waals surface area contributed by atoms with Crippen LogP contribution in [0.2, 0.25) is 0 Å². The van der Waals surface area contributed by atoms with E-state index in [0.29, 0.717) is 44.2 Å². The van der Waals surface area contributed by atoms with Gasteiger partial charge in [0, 0.05) is 24.0 Å². The van der Waals surface area contributed by atoms with Crippen LogP contribution in [0.1, 0.15) is 40.1 Å². The second kappa shape index (κ2) is 11.9. The van der Waals surface area contributed by atoms with E-state index in [9.17, 15) is 14.7 Å². The molecule has 8 nitrogen and oxygen atoms in total. The molecule has 8 heteroatoms. The summed E-state index contributed by atoms with van der Waals surface area (Å²) in [5, 5.41) is 9.19. The van der Waals surface area contributed by atoms with E-state index in [2.05, 4.69) is 4.98 Å². The number of aliphatic carboxylic acids is 1. The Hall–Kier alpha value is -4.59. The normalized spacial score (nSPS) is 12.3. The van der Waals surface area contributed by atoms with Crippen molar-refractivity contribution < 1.29 is 28.6 Å². The average Bonchev–Trinajstić information content (AvgIpc) is 3.57. The lowest BCUT2D eigenvalue weighted by molar-refractivity contribution is -0.136. The van der Waals surface area contributed by atoms with Crippen LogP contribution in [0.25, 0.3) is 11.5 Å². The van der Waals surface area contributed by atoms with Crippen LogP contribution in [-0.4, -0.2) is 33.7 Å². The van der Waals surface area contributed by atoms with Crippen LogP contribution in [0.15, 0.2) is 77.2 Å². The van der Waals surface area contributed by atoms with Gasteiger partial charge in [0.05, 0.1) is 25.4 Å². The summed E-state index contributed by atoms with van der Waals surface area (Å²) in [6, 6.07) is 23.0. The summed E-state index contributed by atoms with van der Waals surface area (Å²) >= 11 is 0. The molecule has 2 heterocycles. The standard InChI is InChI=1S/C31H30N2O6/c1-21-27(32-30(39-21)24-10-6-3-7-11-24)16-17-37-28-14-12-23(13-15-29(34)35)25-18-33(19-26(25)28)31(36)38-20-22-8-4-2-5-9-22/h2-12,14H,13,15-20H2,1H3,(H,34,35). The van der Waals surface area contributed by atoms with Crippen LogP contribution in [-0.2, 0) is 42.1 Å². The number of fused-ring (bicyclic) bond motifs is 1. The number of rotatable bonds is 10. The highest BCUT2D eigenvalue weighted by atomic mass is 16.6.